The van der Waals surface area contributed by atoms with Crippen LogP contribution in [0.1, 0.15) is 104 Å². The number of nitrogens with one attached hydrogen (secondary N) is 1. The first kappa shape index (κ1) is 36.8. The van der Waals surface area contributed by atoms with Crippen molar-refractivity contribution in [3.8, 4) is 0 Å². The van der Waals surface area contributed by atoms with Gasteiger partial charge < -0.3 is 16.0 Å². The molecule has 2 aromatic carbocycles. The molecular weight excluding hydrogens is 546 g/mol. The van der Waals surface area contributed by atoms with Gasteiger partial charge in [-0.05, 0) is 91.5 Å². The predicted octanol–water partition coefficient (Wildman–Crippen LogP) is 9.61. The molecule has 2 amide bonds. The molecular formula is C33H49N5O5. The summed E-state index contributed by atoms with van der Waals surface area (Å²) in [6.45, 7) is 7.00. The maximum absolute atomic E-state index is 12.1. The largest absolute Gasteiger partial charge is 0.393 e. The lowest BCUT2D eigenvalue weighted by Gasteiger charge is -2.17. The van der Waals surface area contributed by atoms with Crippen LogP contribution >= 0.6 is 0 Å². The maximum Gasteiger partial charge on any atom is 0.321 e. The van der Waals surface area contributed by atoms with Crippen LogP contribution < -0.4 is 11.1 Å². The predicted molar refractivity (Wildman–Crippen MR) is 178 cm³/mol. The Hall–Kier alpha value is -4.21. The summed E-state index contributed by atoms with van der Waals surface area (Å²) >= 11 is 0. The van der Waals surface area contributed by atoms with Gasteiger partial charge in [-0.2, -0.15) is 0 Å². The smallest absolute Gasteiger partial charge is 0.321 e. The van der Waals surface area contributed by atoms with Gasteiger partial charge in [0.15, 0.2) is 0 Å². The third-order valence-electron chi connectivity index (χ3n) is 7.10. The number of anilines is 2. The molecule has 4 rings (SSSR count). The summed E-state index contributed by atoms with van der Waals surface area (Å²) in [6.07, 6.45) is 15.6. The van der Waals surface area contributed by atoms with Crippen LogP contribution in [0.4, 0.5) is 27.5 Å². The van der Waals surface area contributed by atoms with E-state index >= 15 is 0 Å². The van der Waals surface area contributed by atoms with Crippen LogP contribution in [-0.4, -0.2) is 34.4 Å². The SMILES string of the molecule is C.CCCCC.CCCN(C)C(=O)Nc1cc(C2=CCCC2)ccc1[N+](=O)[O-].Nc1cc(C2=CCCC2)ccc1[N+](=O)[O-]. The van der Waals surface area contributed by atoms with Gasteiger partial charge in [-0.15, -0.1) is 0 Å². The average molecular weight is 596 g/mol. The molecule has 0 bridgehead atoms. The number of hydrogen-bond donors (Lipinski definition) is 2. The van der Waals surface area contributed by atoms with E-state index in [1.165, 1.54) is 47.4 Å². The number of nitro groups is 2. The van der Waals surface area contributed by atoms with E-state index in [9.17, 15) is 25.0 Å². The Morgan fingerprint density at radius 1 is 0.860 bits per heavy atom. The van der Waals surface area contributed by atoms with Crippen molar-refractivity contribution in [2.24, 2.45) is 0 Å². The molecule has 0 heterocycles. The summed E-state index contributed by atoms with van der Waals surface area (Å²) < 4.78 is 0. The highest BCUT2D eigenvalue weighted by molar-refractivity contribution is 5.92. The molecule has 3 N–H and O–H groups in total. The van der Waals surface area contributed by atoms with Crippen LogP contribution in [0.2, 0.25) is 0 Å². The minimum atomic E-state index is -0.470. The van der Waals surface area contributed by atoms with Gasteiger partial charge >= 0.3 is 6.03 Å². The number of unbranched alkanes of at least 4 members (excludes halogenated alkanes) is 2. The number of carbonyl (C=O) groups is 1. The fraction of sp³-hybridized carbons (Fsp3) is 0.485. The van der Waals surface area contributed by atoms with E-state index < -0.39 is 9.85 Å². The average Bonchev–Trinajstić information content (AvgIpc) is 3.69. The molecule has 43 heavy (non-hydrogen) atoms. The standard InChI is InChI=1S/C16H21N3O3.C11H12N2O2.C5H12.CH4/c1-3-10-18(2)16(20)17-14-11-13(12-6-4-5-7-12)8-9-15(14)19(21)22;12-10-7-9(8-3-1-2-4-8)5-6-11(10)13(14)15;1-3-5-4-2;/h6,8-9,11H,3-5,7,10H2,1-2H3,(H,17,20);3,5-7H,1-2,4,12H2;3-5H2,1-2H3;1H4. The van der Waals surface area contributed by atoms with Gasteiger partial charge in [-0.25, -0.2) is 4.79 Å². The Kier molecular flexibility index (Phi) is 16.3. The van der Waals surface area contributed by atoms with Crippen LogP contribution in [0.25, 0.3) is 11.1 Å². The van der Waals surface area contributed by atoms with Gasteiger partial charge in [0, 0.05) is 25.7 Å². The molecule has 2 aromatic rings. The van der Waals surface area contributed by atoms with Gasteiger partial charge in [0.05, 0.1) is 9.85 Å². The normalized spacial score (nSPS) is 13.2. The highest BCUT2D eigenvalue weighted by Gasteiger charge is 2.20. The number of benzene rings is 2. The first-order chi connectivity index (χ1) is 20.1. The molecule has 10 heteroatoms. The molecule has 0 atom stereocenters. The van der Waals surface area contributed by atoms with Crippen molar-refractivity contribution in [2.75, 3.05) is 24.6 Å². The second-order valence-electron chi connectivity index (χ2n) is 10.5. The van der Waals surface area contributed by atoms with Crippen molar-refractivity contribution in [1.82, 2.24) is 4.90 Å². The molecule has 0 unspecified atom stereocenters. The van der Waals surface area contributed by atoms with Crippen LogP contribution in [0.3, 0.4) is 0 Å². The summed E-state index contributed by atoms with van der Waals surface area (Å²) in [5.41, 5.74) is 10.4. The van der Waals surface area contributed by atoms with Gasteiger partial charge in [-0.1, -0.05) is 59.6 Å². The number of allylic oxidation sites excluding steroid dienone is 4. The van der Waals surface area contributed by atoms with E-state index in [0.717, 1.165) is 56.1 Å². The Balaban J connectivity index is 0.000000381. The number of hydrogen-bond acceptors (Lipinski definition) is 6. The topological polar surface area (TPSA) is 145 Å². The van der Waals surface area contributed by atoms with Crippen molar-refractivity contribution in [3.63, 3.8) is 0 Å². The highest BCUT2D eigenvalue weighted by atomic mass is 16.6. The van der Waals surface area contributed by atoms with Crippen molar-refractivity contribution in [3.05, 3.63) is 79.9 Å². The zero-order valence-electron chi connectivity index (χ0n) is 25.4. The van der Waals surface area contributed by atoms with Gasteiger partial charge in [0.2, 0.25) is 0 Å². The molecule has 0 radical (unpaired) electrons. The second kappa shape index (κ2) is 19.1. The molecule has 0 saturated heterocycles. The summed E-state index contributed by atoms with van der Waals surface area (Å²) in [5, 5.41) is 24.4. The van der Waals surface area contributed by atoms with Crippen LogP contribution in [0, 0.1) is 20.2 Å². The first-order valence-corrected chi connectivity index (χ1v) is 14.9. The summed E-state index contributed by atoms with van der Waals surface area (Å²) in [4.78, 5) is 34.4. The van der Waals surface area contributed by atoms with E-state index in [2.05, 4.69) is 31.3 Å². The molecule has 0 fully saturated rings. The third kappa shape index (κ3) is 11.5. The fourth-order valence-corrected chi connectivity index (χ4v) is 4.78. The summed E-state index contributed by atoms with van der Waals surface area (Å²) in [5.74, 6) is 0. The van der Waals surface area contributed by atoms with Gasteiger partial charge in [0.25, 0.3) is 11.4 Å². The second-order valence-corrected chi connectivity index (χ2v) is 10.5. The summed E-state index contributed by atoms with van der Waals surface area (Å²) in [7, 11) is 1.67. The number of nitrogens with two attached hydrogens (primary N) is 1. The maximum atomic E-state index is 12.1. The molecule has 0 aliphatic heterocycles. The molecule has 10 nitrogen and oxygen atoms in total. The lowest BCUT2D eigenvalue weighted by atomic mass is 10.0. The van der Waals surface area contributed by atoms with Gasteiger partial charge in [0.1, 0.15) is 11.4 Å². The molecule has 0 aromatic heterocycles. The van der Waals surface area contributed by atoms with Crippen molar-refractivity contribution < 1.29 is 14.6 Å². The number of urea groups is 1. The van der Waals surface area contributed by atoms with Crippen LogP contribution in [-0.2, 0) is 0 Å². The molecule has 236 valence electrons. The van der Waals surface area contributed by atoms with Crippen molar-refractivity contribution in [2.45, 2.75) is 92.4 Å². The third-order valence-corrected chi connectivity index (χ3v) is 7.10. The lowest BCUT2D eigenvalue weighted by molar-refractivity contribution is -0.384. The number of nitrogens with zero attached hydrogens (tertiary/aromatic N) is 3. The Morgan fingerprint density at radius 3 is 1.77 bits per heavy atom. The lowest BCUT2D eigenvalue weighted by Crippen LogP contribution is -2.32. The number of nitro benzene ring substituents is 2. The van der Waals surface area contributed by atoms with Crippen molar-refractivity contribution >= 4 is 39.9 Å². The quantitative estimate of drug-likeness (QED) is 0.168. The first-order valence-electron chi connectivity index (χ1n) is 14.9. The van der Waals surface area contributed by atoms with E-state index in [1.54, 1.807) is 31.3 Å². The zero-order chi connectivity index (χ0) is 31.1. The van der Waals surface area contributed by atoms with Crippen molar-refractivity contribution in [1.29, 1.82) is 0 Å². The van der Waals surface area contributed by atoms with E-state index in [4.69, 9.17) is 5.73 Å². The Morgan fingerprint density at radius 2 is 1.37 bits per heavy atom. The number of carbonyl (C=O) groups excluding carboxylic acids is 1. The van der Waals surface area contributed by atoms with E-state index in [-0.39, 0.29) is 36.2 Å². The Bertz CT molecular complexity index is 1290. The van der Waals surface area contributed by atoms with Crippen LogP contribution in [0.15, 0.2) is 48.6 Å². The van der Waals surface area contributed by atoms with Gasteiger partial charge in [-0.3, -0.25) is 20.2 Å². The molecule has 0 spiro atoms. The molecule has 2 aliphatic carbocycles. The molecule has 2 aliphatic rings. The zero-order valence-corrected chi connectivity index (χ0v) is 25.4. The van der Waals surface area contributed by atoms with E-state index in [1.807, 2.05) is 6.92 Å². The summed E-state index contributed by atoms with van der Waals surface area (Å²) in [6, 6.07) is 9.52. The van der Waals surface area contributed by atoms with Crippen LogP contribution in [0.5, 0.6) is 0 Å². The fourth-order valence-electron chi connectivity index (χ4n) is 4.78. The van der Waals surface area contributed by atoms with E-state index in [0.29, 0.717) is 6.54 Å². The minimum absolute atomic E-state index is 0. The number of amides is 2. The minimum Gasteiger partial charge on any atom is -0.393 e. The highest BCUT2D eigenvalue weighted by Crippen LogP contribution is 2.34. The number of nitrogen functional groups attached to an aromatic ring is 1. The number of rotatable bonds is 9. The Labute approximate surface area is 256 Å². The monoisotopic (exact) mass is 595 g/mol. The molecule has 0 saturated carbocycles.